The second kappa shape index (κ2) is 2.03. The molecule has 7 heavy (non-hydrogen) atoms. The Morgan fingerprint density at radius 3 is 2.29 bits per heavy atom. The van der Waals surface area contributed by atoms with Crippen molar-refractivity contribution < 1.29 is 4.74 Å². The van der Waals surface area contributed by atoms with Crippen molar-refractivity contribution in [2.75, 3.05) is 6.61 Å². The largest absolute Gasteiger partial charge is 0.354 e. The summed E-state index contributed by atoms with van der Waals surface area (Å²) in [4.78, 5) is 0. The first kappa shape index (κ1) is 6.05. The highest BCUT2D eigenvalue weighted by Crippen LogP contribution is 2.37. The fraction of sp³-hybridized carbons (Fsp3) is 1.00. The molecule has 1 nitrogen and oxygen atoms in total. The first-order chi connectivity index (χ1) is 3.21. The van der Waals surface area contributed by atoms with E-state index in [4.69, 9.17) is 4.74 Å². The summed E-state index contributed by atoms with van der Waals surface area (Å²) in [5, 5.41) is 0. The van der Waals surface area contributed by atoms with Crippen LogP contribution in [0.4, 0.5) is 0 Å². The van der Waals surface area contributed by atoms with Gasteiger partial charge in [-0.25, -0.2) is 0 Å². The van der Waals surface area contributed by atoms with E-state index in [0.29, 0.717) is 0 Å². The highest BCUT2D eigenvalue weighted by atomic mass is 79.9. The number of alkyl halides is 2. The first-order valence-electron chi connectivity index (χ1n) is 2.22. The van der Waals surface area contributed by atoms with Gasteiger partial charge in [0.15, 0.2) is 3.42 Å². The maximum absolute atomic E-state index is 5.17. The van der Waals surface area contributed by atoms with E-state index in [-0.39, 0.29) is 3.42 Å². The number of hydrogen-bond acceptors (Lipinski definition) is 1. The Labute approximate surface area is 59.7 Å². The molecule has 0 saturated carbocycles. The van der Waals surface area contributed by atoms with Crippen molar-refractivity contribution in [3.63, 3.8) is 0 Å². The molecule has 0 spiro atoms. The van der Waals surface area contributed by atoms with Crippen LogP contribution in [0.25, 0.3) is 0 Å². The topological polar surface area (TPSA) is 9.23 Å². The maximum Gasteiger partial charge on any atom is 0.177 e. The van der Waals surface area contributed by atoms with Gasteiger partial charge in [-0.3, -0.25) is 0 Å². The number of hydrogen-bond donors (Lipinski definition) is 0. The van der Waals surface area contributed by atoms with Gasteiger partial charge in [0.05, 0.1) is 0 Å². The van der Waals surface area contributed by atoms with Crippen LogP contribution < -0.4 is 0 Å². The second-order valence-corrected chi connectivity index (χ2v) is 5.22. The lowest BCUT2D eigenvalue weighted by atomic mass is 10.4. The Balaban J connectivity index is 2.40. The van der Waals surface area contributed by atoms with Crippen molar-refractivity contribution in [3.8, 4) is 0 Å². The Morgan fingerprint density at radius 2 is 2.14 bits per heavy atom. The molecule has 0 N–H and O–H groups in total. The van der Waals surface area contributed by atoms with Crippen LogP contribution in [0.1, 0.15) is 12.8 Å². The molecule has 0 aromatic carbocycles. The summed E-state index contributed by atoms with van der Waals surface area (Å²) in [6.45, 7) is 0.872. The quantitative estimate of drug-likeness (QED) is 0.579. The van der Waals surface area contributed by atoms with Crippen LogP contribution in [0.15, 0.2) is 0 Å². The molecule has 0 aromatic rings. The van der Waals surface area contributed by atoms with Gasteiger partial charge in [0.1, 0.15) is 0 Å². The van der Waals surface area contributed by atoms with Crippen LogP contribution in [0.2, 0.25) is 0 Å². The Morgan fingerprint density at radius 1 is 1.43 bits per heavy atom. The normalized spacial score (nSPS) is 28.3. The predicted molar refractivity (Wildman–Crippen MR) is 35.8 cm³/mol. The van der Waals surface area contributed by atoms with Gasteiger partial charge >= 0.3 is 0 Å². The van der Waals surface area contributed by atoms with Crippen LogP contribution in [-0.2, 0) is 4.74 Å². The fourth-order valence-corrected chi connectivity index (χ4v) is 1.46. The smallest absolute Gasteiger partial charge is 0.177 e. The van der Waals surface area contributed by atoms with E-state index in [1.54, 1.807) is 0 Å². The summed E-state index contributed by atoms with van der Waals surface area (Å²) in [7, 11) is 0. The van der Waals surface area contributed by atoms with E-state index in [1.165, 1.54) is 0 Å². The van der Waals surface area contributed by atoms with E-state index in [2.05, 4.69) is 31.9 Å². The molecule has 1 aliphatic heterocycles. The van der Waals surface area contributed by atoms with Gasteiger partial charge in [-0.2, -0.15) is 0 Å². The maximum atomic E-state index is 5.17. The molecule has 0 aliphatic carbocycles. The number of halogens is 2. The van der Waals surface area contributed by atoms with E-state index >= 15 is 0 Å². The molecular formula is C4H6Br2O. The zero-order valence-corrected chi connectivity index (χ0v) is 6.96. The van der Waals surface area contributed by atoms with Crippen molar-refractivity contribution in [3.05, 3.63) is 0 Å². The average molecular weight is 230 g/mol. The molecule has 1 heterocycles. The third-order valence-electron chi connectivity index (χ3n) is 0.925. The molecule has 1 aliphatic rings. The van der Waals surface area contributed by atoms with Crippen LogP contribution in [0.5, 0.6) is 0 Å². The zero-order chi connectivity index (χ0) is 5.33. The molecule has 1 rings (SSSR count). The molecule has 1 fully saturated rings. The summed E-state index contributed by atoms with van der Waals surface area (Å²) in [6.07, 6.45) is 2.21. The van der Waals surface area contributed by atoms with Gasteiger partial charge in [-0.15, -0.1) is 0 Å². The highest BCUT2D eigenvalue weighted by Gasteiger charge is 2.27. The molecule has 0 atom stereocenters. The summed E-state index contributed by atoms with van der Waals surface area (Å²) in [6, 6.07) is 0. The van der Waals surface area contributed by atoms with Gasteiger partial charge < -0.3 is 4.74 Å². The standard InChI is InChI=1S/C4H6Br2O/c5-4(6)2-1-3-7-4/h1-3H2. The summed E-state index contributed by atoms with van der Waals surface area (Å²) in [5.41, 5.74) is 0. The average Bonchev–Trinajstić information content (AvgIpc) is 1.84. The molecule has 0 radical (unpaired) electrons. The number of rotatable bonds is 0. The van der Waals surface area contributed by atoms with Gasteiger partial charge in [-0.05, 0) is 44.7 Å². The van der Waals surface area contributed by atoms with E-state index < -0.39 is 0 Å². The molecular weight excluding hydrogens is 224 g/mol. The molecule has 42 valence electrons. The Kier molecular flexibility index (Phi) is 1.76. The van der Waals surface area contributed by atoms with Crippen LogP contribution in [-0.4, -0.2) is 10.0 Å². The van der Waals surface area contributed by atoms with Crippen molar-refractivity contribution in [2.24, 2.45) is 0 Å². The summed E-state index contributed by atoms with van der Waals surface area (Å²) < 4.78 is 4.99. The fourth-order valence-electron chi connectivity index (χ4n) is 0.572. The third-order valence-corrected chi connectivity index (χ3v) is 2.18. The van der Waals surface area contributed by atoms with Crippen molar-refractivity contribution >= 4 is 31.9 Å². The Hall–Kier alpha value is 0.920. The highest BCUT2D eigenvalue weighted by molar-refractivity contribution is 9.25. The zero-order valence-electron chi connectivity index (χ0n) is 3.79. The molecule has 1 saturated heterocycles. The van der Waals surface area contributed by atoms with E-state index in [9.17, 15) is 0 Å². The van der Waals surface area contributed by atoms with E-state index in [0.717, 1.165) is 19.4 Å². The van der Waals surface area contributed by atoms with Crippen LogP contribution in [0, 0.1) is 0 Å². The lowest BCUT2D eigenvalue weighted by Crippen LogP contribution is -2.05. The second-order valence-electron chi connectivity index (χ2n) is 1.59. The molecule has 0 aromatic heterocycles. The first-order valence-corrected chi connectivity index (χ1v) is 3.81. The lowest BCUT2D eigenvalue weighted by molar-refractivity contribution is 0.160. The minimum Gasteiger partial charge on any atom is -0.354 e. The number of ether oxygens (including phenoxy) is 1. The monoisotopic (exact) mass is 228 g/mol. The van der Waals surface area contributed by atoms with Gasteiger partial charge in [0, 0.05) is 6.61 Å². The minimum absolute atomic E-state index is 0.181. The van der Waals surface area contributed by atoms with Crippen molar-refractivity contribution in [1.29, 1.82) is 0 Å². The minimum atomic E-state index is -0.181. The van der Waals surface area contributed by atoms with E-state index in [1.807, 2.05) is 0 Å². The molecule has 0 bridgehead atoms. The molecule has 3 heteroatoms. The van der Waals surface area contributed by atoms with Crippen LogP contribution >= 0.6 is 31.9 Å². The van der Waals surface area contributed by atoms with Gasteiger partial charge in [0.2, 0.25) is 0 Å². The van der Waals surface area contributed by atoms with Gasteiger partial charge in [0.25, 0.3) is 0 Å². The molecule has 0 amide bonds. The Bertz CT molecular complexity index is 64.1. The van der Waals surface area contributed by atoms with Crippen LogP contribution in [0.3, 0.4) is 0 Å². The van der Waals surface area contributed by atoms with Crippen molar-refractivity contribution in [1.82, 2.24) is 0 Å². The SMILES string of the molecule is BrC1(Br)CCCO1. The third kappa shape index (κ3) is 1.70. The summed E-state index contributed by atoms with van der Waals surface area (Å²) >= 11 is 6.67. The lowest BCUT2D eigenvalue weighted by Gasteiger charge is -2.08. The van der Waals surface area contributed by atoms with Gasteiger partial charge in [-0.1, -0.05) is 0 Å². The summed E-state index contributed by atoms with van der Waals surface area (Å²) in [5.74, 6) is 0. The molecule has 0 unspecified atom stereocenters. The predicted octanol–water partition coefficient (Wildman–Crippen LogP) is 2.24. The van der Waals surface area contributed by atoms with Crippen molar-refractivity contribution in [2.45, 2.75) is 16.3 Å².